The topological polar surface area (TPSA) is 125 Å². The fourth-order valence-electron chi connectivity index (χ4n) is 1.95. The predicted octanol–water partition coefficient (Wildman–Crippen LogP) is 3.47. The zero-order valence-corrected chi connectivity index (χ0v) is 15.6. The van der Waals surface area contributed by atoms with E-state index in [1.54, 1.807) is 0 Å². The average molecular weight is 364 g/mol. The van der Waals surface area contributed by atoms with Crippen molar-refractivity contribution < 1.29 is 19.1 Å². The van der Waals surface area contributed by atoms with E-state index in [0.717, 1.165) is 0 Å². The van der Waals surface area contributed by atoms with Crippen LogP contribution in [0.1, 0.15) is 65.2 Å². The Morgan fingerprint density at radius 3 is 1.54 bits per heavy atom. The average Bonchev–Trinajstić information content (AvgIpc) is 2.65. The second kappa shape index (κ2) is 16.0. The third-order valence-corrected chi connectivity index (χ3v) is 3.32. The Balaban J connectivity index is 5.01. The third-order valence-electron chi connectivity index (χ3n) is 3.32. The molecule has 0 heterocycles. The minimum absolute atomic E-state index is 0.285. The number of hydrogen-bond donors (Lipinski definition) is 0. The van der Waals surface area contributed by atoms with E-state index >= 15 is 0 Å². The van der Waals surface area contributed by atoms with E-state index in [2.05, 4.69) is 10.2 Å². The molecule has 0 N–H and O–H groups in total. The van der Waals surface area contributed by atoms with Crippen molar-refractivity contribution in [2.24, 2.45) is 10.2 Å². The van der Waals surface area contributed by atoms with Crippen LogP contribution in [0.4, 0.5) is 0 Å². The van der Waals surface area contributed by atoms with E-state index in [1.165, 1.54) is 0 Å². The van der Waals surface area contributed by atoms with Crippen molar-refractivity contribution in [1.82, 2.24) is 0 Å². The van der Waals surface area contributed by atoms with Crippen LogP contribution >= 0.6 is 0 Å². The highest BCUT2D eigenvalue weighted by Gasteiger charge is 2.23. The van der Waals surface area contributed by atoms with Crippen LogP contribution in [0.2, 0.25) is 0 Å². The molecule has 0 radical (unpaired) electrons. The standard InChI is InChI=1S/C18H28N4O4/c1-3-13-25-17(23)15(9-5-7-11-19)21-22-16(10-6-8-12-20)18(24)26-14-4-2/h15-16H,3-10,13-14H2,1-2H3. The van der Waals surface area contributed by atoms with Crippen molar-refractivity contribution in [3.63, 3.8) is 0 Å². The lowest BCUT2D eigenvalue weighted by Gasteiger charge is -2.13. The van der Waals surface area contributed by atoms with Gasteiger partial charge in [0.15, 0.2) is 12.1 Å². The molecule has 2 atom stereocenters. The van der Waals surface area contributed by atoms with Crippen molar-refractivity contribution in [3.05, 3.63) is 0 Å². The molecule has 26 heavy (non-hydrogen) atoms. The Bertz CT molecular complexity index is 476. The van der Waals surface area contributed by atoms with Gasteiger partial charge in [0.25, 0.3) is 0 Å². The molecule has 8 heteroatoms. The predicted molar refractivity (Wildman–Crippen MR) is 93.9 cm³/mol. The van der Waals surface area contributed by atoms with Crippen LogP contribution in [0.5, 0.6) is 0 Å². The van der Waals surface area contributed by atoms with Gasteiger partial charge in [-0.05, 0) is 38.5 Å². The van der Waals surface area contributed by atoms with Crippen molar-refractivity contribution in [3.8, 4) is 12.1 Å². The van der Waals surface area contributed by atoms with E-state index in [9.17, 15) is 9.59 Å². The van der Waals surface area contributed by atoms with Crippen molar-refractivity contribution in [2.45, 2.75) is 77.3 Å². The van der Waals surface area contributed by atoms with E-state index in [0.29, 0.717) is 51.4 Å². The lowest BCUT2D eigenvalue weighted by atomic mass is 10.1. The van der Waals surface area contributed by atoms with Gasteiger partial charge in [-0.15, -0.1) is 0 Å². The molecule has 0 saturated carbocycles. The summed E-state index contributed by atoms with van der Waals surface area (Å²) in [6.07, 6.45) is 3.61. The number of esters is 2. The van der Waals surface area contributed by atoms with Crippen LogP contribution in [0, 0.1) is 22.7 Å². The first-order valence-corrected chi connectivity index (χ1v) is 9.07. The van der Waals surface area contributed by atoms with Crippen molar-refractivity contribution >= 4 is 11.9 Å². The molecular weight excluding hydrogens is 336 g/mol. The van der Waals surface area contributed by atoms with Gasteiger partial charge in [0, 0.05) is 12.8 Å². The molecule has 0 aliphatic heterocycles. The number of ether oxygens (including phenoxy) is 2. The summed E-state index contributed by atoms with van der Waals surface area (Å²) in [6.45, 7) is 4.34. The Morgan fingerprint density at radius 1 is 0.846 bits per heavy atom. The van der Waals surface area contributed by atoms with Crippen LogP contribution in [0.3, 0.4) is 0 Å². The lowest BCUT2D eigenvalue weighted by Crippen LogP contribution is -2.25. The van der Waals surface area contributed by atoms with Crippen LogP contribution < -0.4 is 0 Å². The molecule has 0 aromatic carbocycles. The van der Waals surface area contributed by atoms with E-state index in [-0.39, 0.29) is 13.2 Å². The number of nitriles is 2. The molecule has 0 rings (SSSR count). The number of unbranched alkanes of at least 4 members (excludes halogenated alkanes) is 2. The molecule has 0 spiro atoms. The molecule has 0 aliphatic rings. The second-order valence-electron chi connectivity index (χ2n) is 5.70. The quantitative estimate of drug-likeness (QED) is 0.264. The third kappa shape index (κ3) is 11.1. The maximum Gasteiger partial charge on any atom is 0.332 e. The Labute approximate surface area is 155 Å². The number of azo groups is 1. The Morgan fingerprint density at radius 2 is 1.23 bits per heavy atom. The largest absolute Gasteiger partial charge is 0.464 e. The number of nitrogens with zero attached hydrogens (tertiary/aromatic N) is 4. The molecule has 0 bridgehead atoms. The molecular formula is C18H28N4O4. The molecule has 0 aliphatic carbocycles. The Kier molecular flexibility index (Phi) is 14.5. The summed E-state index contributed by atoms with van der Waals surface area (Å²) in [6, 6.07) is 2.35. The van der Waals surface area contributed by atoms with Gasteiger partial charge in [0.2, 0.25) is 0 Å². The molecule has 0 saturated heterocycles. The summed E-state index contributed by atoms with van der Waals surface area (Å²) in [7, 11) is 0. The highest BCUT2D eigenvalue weighted by atomic mass is 16.5. The summed E-state index contributed by atoms with van der Waals surface area (Å²) in [4.78, 5) is 24.2. The van der Waals surface area contributed by atoms with Crippen molar-refractivity contribution in [1.29, 1.82) is 10.5 Å². The smallest absolute Gasteiger partial charge is 0.332 e. The van der Waals surface area contributed by atoms with Gasteiger partial charge >= 0.3 is 11.9 Å². The van der Waals surface area contributed by atoms with Gasteiger partial charge in [-0.2, -0.15) is 20.8 Å². The molecule has 8 nitrogen and oxygen atoms in total. The summed E-state index contributed by atoms with van der Waals surface area (Å²) >= 11 is 0. The zero-order valence-electron chi connectivity index (χ0n) is 15.6. The van der Waals surface area contributed by atoms with Gasteiger partial charge in [0.1, 0.15) is 0 Å². The fraction of sp³-hybridized carbons (Fsp3) is 0.778. The number of carbonyl (C=O) groups excluding carboxylic acids is 2. The van der Waals surface area contributed by atoms with Gasteiger partial charge < -0.3 is 9.47 Å². The highest BCUT2D eigenvalue weighted by Crippen LogP contribution is 2.13. The first-order chi connectivity index (χ1) is 12.6. The molecule has 0 aromatic heterocycles. The second-order valence-corrected chi connectivity index (χ2v) is 5.70. The fourth-order valence-corrected chi connectivity index (χ4v) is 1.95. The highest BCUT2D eigenvalue weighted by molar-refractivity contribution is 5.77. The van der Waals surface area contributed by atoms with Crippen LogP contribution in [-0.2, 0) is 19.1 Å². The summed E-state index contributed by atoms with van der Waals surface area (Å²) in [5, 5.41) is 25.3. The molecule has 0 fully saturated rings. The first-order valence-electron chi connectivity index (χ1n) is 9.07. The minimum Gasteiger partial charge on any atom is -0.464 e. The lowest BCUT2D eigenvalue weighted by molar-refractivity contribution is -0.147. The summed E-state index contributed by atoms with van der Waals surface area (Å²) < 4.78 is 10.2. The van der Waals surface area contributed by atoms with E-state index in [4.69, 9.17) is 20.0 Å². The maximum absolute atomic E-state index is 12.1. The van der Waals surface area contributed by atoms with Gasteiger partial charge in [-0.1, -0.05) is 13.8 Å². The summed E-state index contributed by atoms with van der Waals surface area (Å²) in [5.74, 6) is -1.02. The number of hydrogen-bond acceptors (Lipinski definition) is 8. The van der Waals surface area contributed by atoms with Crippen LogP contribution in [0.25, 0.3) is 0 Å². The molecule has 0 aromatic rings. The normalized spacial score (nSPS) is 12.8. The Hall–Kier alpha value is -2.48. The van der Waals surface area contributed by atoms with Gasteiger partial charge in [-0.3, -0.25) is 0 Å². The zero-order chi connectivity index (χ0) is 19.6. The number of carbonyl (C=O) groups is 2. The van der Waals surface area contributed by atoms with E-state index in [1.807, 2.05) is 26.0 Å². The van der Waals surface area contributed by atoms with Crippen molar-refractivity contribution in [2.75, 3.05) is 13.2 Å². The molecule has 2 unspecified atom stereocenters. The monoisotopic (exact) mass is 364 g/mol. The van der Waals surface area contributed by atoms with Crippen LogP contribution in [0.15, 0.2) is 10.2 Å². The van der Waals surface area contributed by atoms with Gasteiger partial charge in [0.05, 0.1) is 25.4 Å². The molecule has 0 amide bonds. The SMILES string of the molecule is CCCOC(=O)C(CCCC#N)N=NC(CCCC#N)C(=O)OCCC. The maximum atomic E-state index is 12.1. The van der Waals surface area contributed by atoms with Gasteiger partial charge in [-0.25, -0.2) is 9.59 Å². The van der Waals surface area contributed by atoms with E-state index < -0.39 is 24.0 Å². The minimum atomic E-state index is -0.840. The molecule has 144 valence electrons. The summed E-state index contributed by atoms with van der Waals surface area (Å²) in [5.41, 5.74) is 0. The number of rotatable bonds is 14. The van der Waals surface area contributed by atoms with Crippen LogP contribution in [-0.4, -0.2) is 37.2 Å². The first kappa shape index (κ1) is 23.5.